The van der Waals surface area contributed by atoms with E-state index in [0.717, 1.165) is 0 Å². The van der Waals surface area contributed by atoms with Gasteiger partial charge in [-0.25, -0.2) is 4.79 Å². The van der Waals surface area contributed by atoms with Crippen molar-refractivity contribution in [3.05, 3.63) is 35.9 Å². The Bertz CT molecular complexity index is 460. The van der Waals surface area contributed by atoms with Crippen LogP contribution >= 0.6 is 24.0 Å². The van der Waals surface area contributed by atoms with Gasteiger partial charge >= 0.3 is 5.97 Å². The molecule has 0 fully saturated rings. The maximum atomic E-state index is 11.5. The number of thiocarbonyl (C=S) groups is 1. The zero-order valence-electron chi connectivity index (χ0n) is 9.84. The molecule has 0 radical (unpaired) electrons. The zero-order chi connectivity index (χ0) is 13.2. The Morgan fingerprint density at radius 3 is 2.72 bits per heavy atom. The highest BCUT2D eigenvalue weighted by molar-refractivity contribution is 8.22. The van der Waals surface area contributed by atoms with Gasteiger partial charge in [-0.15, -0.1) is 0 Å². The predicted molar refractivity (Wildman–Crippen MR) is 76.6 cm³/mol. The summed E-state index contributed by atoms with van der Waals surface area (Å²) in [6.07, 6.45) is 0. The zero-order valence-corrected chi connectivity index (χ0v) is 11.5. The van der Waals surface area contributed by atoms with Gasteiger partial charge in [0.25, 0.3) is 0 Å². The minimum atomic E-state index is -0.370. The fourth-order valence-corrected chi connectivity index (χ4v) is 1.60. The van der Waals surface area contributed by atoms with Gasteiger partial charge in [-0.05, 0) is 24.4 Å². The molecule has 0 unspecified atom stereocenters. The third-order valence-electron chi connectivity index (χ3n) is 1.84. The largest absolute Gasteiger partial charge is 0.482 e. The minimum absolute atomic E-state index is 0.0774. The molecule has 94 valence electrons. The fraction of sp³-hybridized carbons (Fsp3) is 0.231. The van der Waals surface area contributed by atoms with E-state index in [1.165, 1.54) is 18.9 Å². The topological polar surface area (TPSA) is 35.5 Å². The first-order valence-corrected chi connectivity index (χ1v) is 6.52. The summed E-state index contributed by atoms with van der Waals surface area (Å²) in [5, 5.41) is 0. The van der Waals surface area contributed by atoms with Crippen molar-refractivity contribution in [3.63, 3.8) is 0 Å². The van der Waals surface area contributed by atoms with Gasteiger partial charge in [-0.2, -0.15) is 0 Å². The van der Waals surface area contributed by atoms with E-state index >= 15 is 0 Å². The smallest absolute Gasteiger partial charge is 0.339 e. The van der Waals surface area contributed by atoms with Gasteiger partial charge in [-0.1, -0.05) is 41.8 Å². The monoisotopic (exact) mass is 280 g/mol. The molecule has 0 atom stereocenters. The molecule has 1 aromatic carbocycles. The molecule has 0 aliphatic rings. The van der Waals surface area contributed by atoms with Crippen molar-refractivity contribution in [2.75, 3.05) is 19.5 Å². The number of hydrogen-bond donors (Lipinski definition) is 0. The van der Waals surface area contributed by atoms with Crippen LogP contribution in [0.15, 0.2) is 30.3 Å². The van der Waals surface area contributed by atoms with E-state index in [1.807, 2.05) is 6.07 Å². The highest BCUT2D eigenvalue weighted by Gasteiger charge is 2.03. The molecule has 0 saturated heterocycles. The number of esters is 1. The van der Waals surface area contributed by atoms with Crippen molar-refractivity contribution in [1.82, 2.24) is 0 Å². The average Bonchev–Trinajstić information content (AvgIpc) is 2.43. The molecule has 1 aromatic rings. The van der Waals surface area contributed by atoms with E-state index in [-0.39, 0.29) is 12.6 Å². The minimum Gasteiger partial charge on any atom is -0.482 e. The molecule has 5 heteroatoms. The fourth-order valence-electron chi connectivity index (χ4n) is 1.02. The Morgan fingerprint density at radius 1 is 1.33 bits per heavy atom. The lowest BCUT2D eigenvalue weighted by atomic mass is 10.2. The van der Waals surface area contributed by atoms with Crippen LogP contribution in [0.4, 0.5) is 0 Å². The summed E-state index contributed by atoms with van der Waals surface area (Å²) >= 11 is 6.15. The van der Waals surface area contributed by atoms with Crippen molar-refractivity contribution < 1.29 is 14.3 Å². The molecule has 0 saturated carbocycles. The number of thioether (sulfide) groups is 1. The van der Waals surface area contributed by atoms with Crippen LogP contribution in [0.1, 0.15) is 10.4 Å². The van der Waals surface area contributed by atoms with Crippen molar-refractivity contribution in [2.24, 2.45) is 0 Å². The lowest BCUT2D eigenvalue weighted by Gasteiger charge is -1.99. The van der Waals surface area contributed by atoms with Gasteiger partial charge in [0.15, 0.2) is 6.61 Å². The Balaban J connectivity index is 2.24. The van der Waals surface area contributed by atoms with Gasteiger partial charge < -0.3 is 9.47 Å². The number of hydrogen-bond acceptors (Lipinski definition) is 5. The summed E-state index contributed by atoms with van der Waals surface area (Å²) < 4.78 is 10.2. The van der Waals surface area contributed by atoms with E-state index in [1.54, 1.807) is 24.3 Å². The highest BCUT2D eigenvalue weighted by Crippen LogP contribution is 2.03. The molecule has 0 bridgehead atoms. The van der Waals surface area contributed by atoms with Crippen LogP contribution in [0, 0.1) is 11.8 Å². The van der Waals surface area contributed by atoms with Gasteiger partial charge in [0.05, 0.1) is 18.4 Å². The number of methoxy groups -OCH3 is 1. The number of benzene rings is 1. The molecule has 0 aliphatic heterocycles. The Hall–Kier alpha value is -1.51. The van der Waals surface area contributed by atoms with Crippen LogP contribution in [0.25, 0.3) is 0 Å². The summed E-state index contributed by atoms with van der Waals surface area (Å²) in [4.78, 5) is 11.5. The SMILES string of the molecule is COC(=S)SCC#CCOC(=O)c1ccccc1. The Morgan fingerprint density at radius 2 is 2.06 bits per heavy atom. The second-order valence-electron chi connectivity index (χ2n) is 3.04. The van der Waals surface area contributed by atoms with E-state index in [9.17, 15) is 4.79 Å². The molecule has 0 N–H and O–H groups in total. The van der Waals surface area contributed by atoms with E-state index in [4.69, 9.17) is 21.7 Å². The molecule has 18 heavy (non-hydrogen) atoms. The second kappa shape index (κ2) is 8.56. The number of carbonyl (C=O) groups is 1. The first kappa shape index (κ1) is 14.6. The summed E-state index contributed by atoms with van der Waals surface area (Å²) in [5.74, 6) is 5.72. The van der Waals surface area contributed by atoms with Crippen LogP contribution in [0.3, 0.4) is 0 Å². The van der Waals surface area contributed by atoms with Gasteiger partial charge in [0.2, 0.25) is 4.38 Å². The number of ether oxygens (including phenoxy) is 2. The predicted octanol–water partition coefficient (Wildman–Crippen LogP) is 2.51. The molecule has 0 amide bonds. The van der Waals surface area contributed by atoms with E-state index < -0.39 is 0 Å². The van der Waals surface area contributed by atoms with Gasteiger partial charge in [-0.3, -0.25) is 0 Å². The number of rotatable bonds is 3. The van der Waals surface area contributed by atoms with Gasteiger partial charge in [0.1, 0.15) is 0 Å². The Kier molecular flexibility index (Phi) is 6.92. The molecule has 0 aromatic heterocycles. The standard InChI is InChI=1S/C13H12O3S2/c1-15-13(17)18-10-6-5-9-16-12(14)11-7-3-2-4-8-11/h2-4,7-8H,9-10H2,1H3. The van der Waals surface area contributed by atoms with Crippen molar-refractivity contribution in [2.45, 2.75) is 0 Å². The maximum Gasteiger partial charge on any atom is 0.339 e. The van der Waals surface area contributed by atoms with Crippen molar-refractivity contribution in [3.8, 4) is 11.8 Å². The van der Waals surface area contributed by atoms with Crippen molar-refractivity contribution in [1.29, 1.82) is 0 Å². The molecule has 0 spiro atoms. The van der Waals surface area contributed by atoms with E-state index in [2.05, 4.69) is 11.8 Å². The lowest BCUT2D eigenvalue weighted by molar-refractivity contribution is 0.0556. The molecule has 0 heterocycles. The quantitative estimate of drug-likeness (QED) is 0.483. The second-order valence-corrected chi connectivity index (χ2v) is 4.62. The van der Waals surface area contributed by atoms with Crippen LogP contribution in [-0.4, -0.2) is 29.8 Å². The normalized spacial score (nSPS) is 8.94. The van der Waals surface area contributed by atoms with Crippen molar-refractivity contribution >= 4 is 34.3 Å². The third kappa shape index (κ3) is 5.71. The first-order chi connectivity index (χ1) is 8.74. The lowest BCUT2D eigenvalue weighted by Crippen LogP contribution is -2.04. The van der Waals surface area contributed by atoms with Gasteiger partial charge in [0, 0.05) is 0 Å². The molecule has 0 aliphatic carbocycles. The average molecular weight is 280 g/mol. The molecule has 3 nitrogen and oxygen atoms in total. The summed E-state index contributed by atoms with van der Waals surface area (Å²) in [6.45, 7) is 0.0774. The number of carbonyl (C=O) groups excluding carboxylic acids is 1. The maximum absolute atomic E-state index is 11.5. The van der Waals surface area contributed by atoms with Crippen LogP contribution in [-0.2, 0) is 9.47 Å². The summed E-state index contributed by atoms with van der Waals surface area (Å²) in [7, 11) is 1.52. The molecular weight excluding hydrogens is 268 g/mol. The summed E-state index contributed by atoms with van der Waals surface area (Å²) in [5.41, 5.74) is 0.522. The Labute approximate surface area is 116 Å². The third-order valence-corrected chi connectivity index (χ3v) is 3.05. The molecule has 1 rings (SSSR count). The van der Waals surface area contributed by atoms with E-state index in [0.29, 0.717) is 15.7 Å². The first-order valence-electron chi connectivity index (χ1n) is 5.12. The molecular formula is C13H12O3S2. The van der Waals surface area contributed by atoms with Crippen LogP contribution in [0.2, 0.25) is 0 Å². The summed E-state index contributed by atoms with van der Waals surface area (Å²) in [6, 6.07) is 8.80. The van der Waals surface area contributed by atoms with Crippen LogP contribution < -0.4 is 0 Å². The highest BCUT2D eigenvalue weighted by atomic mass is 32.2. The van der Waals surface area contributed by atoms with Crippen LogP contribution in [0.5, 0.6) is 0 Å².